The molecule has 0 spiro atoms. The van der Waals surface area contributed by atoms with E-state index in [2.05, 4.69) is 20.8 Å². The van der Waals surface area contributed by atoms with E-state index in [0.717, 1.165) is 4.68 Å². The summed E-state index contributed by atoms with van der Waals surface area (Å²) in [6.07, 6.45) is -4.18. The summed E-state index contributed by atoms with van der Waals surface area (Å²) in [4.78, 5) is 0. The van der Waals surface area contributed by atoms with Crippen LogP contribution in [0.25, 0.3) is 0 Å². The molecule has 0 aromatic carbocycles. The van der Waals surface area contributed by atoms with Gasteiger partial charge in [0, 0.05) is 0 Å². The molecule has 0 radical (unpaired) electrons. The van der Waals surface area contributed by atoms with Crippen LogP contribution >= 0.6 is 0 Å². The highest BCUT2D eigenvalue weighted by Crippen LogP contribution is 2.55. The first-order valence-electron chi connectivity index (χ1n) is 5.06. The molecule has 1 aliphatic rings. The van der Waals surface area contributed by atoms with Crippen LogP contribution in [0.15, 0.2) is 0 Å². The molecule has 16 heavy (non-hydrogen) atoms. The van der Waals surface area contributed by atoms with E-state index in [1.807, 2.05) is 6.92 Å². The van der Waals surface area contributed by atoms with Gasteiger partial charge in [-0.05, 0) is 29.8 Å². The fraction of sp³-hybridized carbons (Fsp3) is 0.875. The van der Waals surface area contributed by atoms with Crippen molar-refractivity contribution >= 4 is 0 Å². The number of nitrogens with one attached hydrogen (secondary N) is 1. The van der Waals surface area contributed by atoms with Crippen molar-refractivity contribution < 1.29 is 13.2 Å². The Labute approximate surface area is 90.0 Å². The fourth-order valence-corrected chi connectivity index (χ4v) is 1.62. The first kappa shape index (κ1) is 11.3. The maximum atomic E-state index is 12.8. The van der Waals surface area contributed by atoms with Gasteiger partial charge in [-0.25, -0.2) is 4.68 Å². The minimum absolute atomic E-state index is 0.0562. The highest BCUT2D eigenvalue weighted by Gasteiger charge is 2.66. The van der Waals surface area contributed by atoms with Crippen LogP contribution in [-0.4, -0.2) is 32.9 Å². The molecule has 1 aromatic rings. The number of nitrogens with zero attached hydrogens (tertiary/aromatic N) is 4. The third-order valence-corrected chi connectivity index (χ3v) is 2.72. The molecule has 0 saturated heterocycles. The van der Waals surface area contributed by atoms with Crippen LogP contribution in [-0.2, 0) is 12.1 Å². The summed E-state index contributed by atoms with van der Waals surface area (Å²) in [5.41, 5.74) is -1.86. The van der Waals surface area contributed by atoms with Crippen LogP contribution in [0, 0.1) is 0 Å². The molecule has 1 heterocycles. The normalized spacial score (nSPS) is 18.8. The molecule has 0 atom stereocenters. The van der Waals surface area contributed by atoms with Crippen molar-refractivity contribution in [3.8, 4) is 0 Å². The van der Waals surface area contributed by atoms with Crippen LogP contribution in [0.1, 0.15) is 25.6 Å². The Morgan fingerprint density at radius 3 is 2.62 bits per heavy atom. The van der Waals surface area contributed by atoms with Gasteiger partial charge in [0.25, 0.3) is 0 Å². The van der Waals surface area contributed by atoms with Gasteiger partial charge in [0.15, 0.2) is 11.4 Å². The van der Waals surface area contributed by atoms with E-state index in [-0.39, 0.29) is 25.2 Å². The number of rotatable bonds is 4. The third-order valence-electron chi connectivity index (χ3n) is 2.72. The molecule has 5 nitrogen and oxygen atoms in total. The zero-order chi connectivity index (χ0) is 11.8. The fourth-order valence-electron chi connectivity index (χ4n) is 1.62. The standard InChI is InChI=1S/C8H12F3N5/c1-2-12-5-6-13-14-15-16(6)7(3-4-7)8(9,10)11/h12H,2-5H2,1H3. The number of hydrogen-bond donors (Lipinski definition) is 1. The average molecular weight is 235 g/mol. The summed E-state index contributed by atoms with van der Waals surface area (Å²) < 4.78 is 39.4. The topological polar surface area (TPSA) is 55.6 Å². The minimum atomic E-state index is -4.29. The largest absolute Gasteiger partial charge is 0.413 e. The zero-order valence-electron chi connectivity index (χ0n) is 8.75. The van der Waals surface area contributed by atoms with Crippen molar-refractivity contribution in [3.63, 3.8) is 0 Å². The number of tetrazole rings is 1. The zero-order valence-corrected chi connectivity index (χ0v) is 8.75. The Morgan fingerprint density at radius 1 is 1.44 bits per heavy atom. The van der Waals surface area contributed by atoms with Gasteiger partial charge in [-0.1, -0.05) is 6.92 Å². The average Bonchev–Trinajstić information content (AvgIpc) is 2.90. The monoisotopic (exact) mass is 235 g/mol. The second kappa shape index (κ2) is 3.69. The van der Waals surface area contributed by atoms with Crippen LogP contribution in [0.2, 0.25) is 0 Å². The molecule has 90 valence electrons. The van der Waals surface area contributed by atoms with Crippen LogP contribution in [0.5, 0.6) is 0 Å². The molecule has 1 aromatic heterocycles. The summed E-state index contributed by atoms with van der Waals surface area (Å²) in [6, 6.07) is 0. The van der Waals surface area contributed by atoms with Gasteiger partial charge < -0.3 is 5.32 Å². The summed E-state index contributed by atoms with van der Waals surface area (Å²) in [7, 11) is 0. The SMILES string of the molecule is CCNCc1nnnn1C1(C(F)(F)F)CC1. The Kier molecular flexibility index (Phi) is 2.61. The van der Waals surface area contributed by atoms with Gasteiger partial charge in [-0.15, -0.1) is 5.10 Å². The molecule has 0 aliphatic heterocycles. The quantitative estimate of drug-likeness (QED) is 0.840. The summed E-state index contributed by atoms with van der Waals surface area (Å²) >= 11 is 0. The molecule has 2 rings (SSSR count). The summed E-state index contributed by atoms with van der Waals surface area (Å²) in [5, 5.41) is 13.3. The lowest BCUT2D eigenvalue weighted by atomic mass is 10.2. The second-order valence-corrected chi connectivity index (χ2v) is 3.82. The van der Waals surface area contributed by atoms with E-state index in [1.165, 1.54) is 0 Å². The van der Waals surface area contributed by atoms with E-state index in [1.54, 1.807) is 0 Å². The minimum Gasteiger partial charge on any atom is -0.310 e. The van der Waals surface area contributed by atoms with Crippen LogP contribution in [0.3, 0.4) is 0 Å². The highest BCUT2D eigenvalue weighted by atomic mass is 19.4. The van der Waals surface area contributed by atoms with E-state index >= 15 is 0 Å². The van der Waals surface area contributed by atoms with Crippen molar-refractivity contribution in [1.29, 1.82) is 0 Å². The van der Waals surface area contributed by atoms with Crippen molar-refractivity contribution in [3.05, 3.63) is 5.82 Å². The van der Waals surface area contributed by atoms with E-state index < -0.39 is 11.7 Å². The van der Waals surface area contributed by atoms with Crippen LogP contribution < -0.4 is 5.32 Å². The van der Waals surface area contributed by atoms with E-state index in [4.69, 9.17) is 0 Å². The lowest BCUT2D eigenvalue weighted by Crippen LogP contribution is -2.37. The molecule has 0 unspecified atom stereocenters. The molecule has 0 amide bonds. The number of hydrogen-bond acceptors (Lipinski definition) is 4. The van der Waals surface area contributed by atoms with Gasteiger partial charge >= 0.3 is 6.18 Å². The first-order chi connectivity index (χ1) is 7.51. The van der Waals surface area contributed by atoms with Gasteiger partial charge in [-0.2, -0.15) is 13.2 Å². The first-order valence-corrected chi connectivity index (χ1v) is 5.06. The molecule has 1 aliphatic carbocycles. The summed E-state index contributed by atoms with van der Waals surface area (Å²) in [5.74, 6) is 0.233. The van der Waals surface area contributed by atoms with Gasteiger partial charge in [0.2, 0.25) is 0 Å². The molecule has 1 N–H and O–H groups in total. The Balaban J connectivity index is 2.24. The van der Waals surface area contributed by atoms with E-state index in [0.29, 0.717) is 6.54 Å². The van der Waals surface area contributed by atoms with Crippen LogP contribution in [0.4, 0.5) is 13.2 Å². The lowest BCUT2D eigenvalue weighted by molar-refractivity contribution is -0.183. The molecule has 8 heteroatoms. The summed E-state index contributed by atoms with van der Waals surface area (Å²) in [6.45, 7) is 2.78. The van der Waals surface area contributed by atoms with Gasteiger partial charge in [0.05, 0.1) is 6.54 Å². The molecule has 1 fully saturated rings. The van der Waals surface area contributed by atoms with Gasteiger partial charge in [0.1, 0.15) is 0 Å². The highest BCUT2D eigenvalue weighted by molar-refractivity contribution is 5.07. The number of alkyl halides is 3. The predicted octanol–water partition coefficient (Wildman–Crippen LogP) is 0.834. The van der Waals surface area contributed by atoms with Crippen molar-refractivity contribution in [2.75, 3.05) is 6.54 Å². The Hall–Kier alpha value is -1.18. The maximum absolute atomic E-state index is 12.8. The predicted molar refractivity (Wildman–Crippen MR) is 48.5 cm³/mol. The molecule has 1 saturated carbocycles. The molecular formula is C8H12F3N5. The number of halogens is 3. The van der Waals surface area contributed by atoms with E-state index in [9.17, 15) is 13.2 Å². The third kappa shape index (κ3) is 1.66. The van der Waals surface area contributed by atoms with Crippen molar-refractivity contribution in [1.82, 2.24) is 25.5 Å². The number of aromatic nitrogens is 4. The van der Waals surface area contributed by atoms with Crippen molar-refractivity contribution in [2.45, 2.75) is 38.0 Å². The second-order valence-electron chi connectivity index (χ2n) is 3.82. The molecular weight excluding hydrogens is 223 g/mol. The lowest BCUT2D eigenvalue weighted by Gasteiger charge is -2.20. The molecule has 0 bridgehead atoms. The Bertz CT molecular complexity index is 368. The smallest absolute Gasteiger partial charge is 0.310 e. The van der Waals surface area contributed by atoms with Crippen molar-refractivity contribution in [2.24, 2.45) is 0 Å². The maximum Gasteiger partial charge on any atom is 0.413 e. The van der Waals surface area contributed by atoms with Gasteiger partial charge in [-0.3, -0.25) is 0 Å². The Morgan fingerprint density at radius 2 is 2.12 bits per heavy atom.